The number of benzene rings is 2. The second-order valence-electron chi connectivity index (χ2n) is 10.8. The third-order valence-corrected chi connectivity index (χ3v) is 6.79. The lowest BCUT2D eigenvalue weighted by Gasteiger charge is -2.29. The number of hydrogen-bond acceptors (Lipinski definition) is 6. The molecule has 0 atom stereocenters. The highest BCUT2D eigenvalue weighted by atomic mass is 16.5. The minimum absolute atomic E-state index is 0.238. The van der Waals surface area contributed by atoms with Crippen molar-refractivity contribution in [2.75, 3.05) is 13.2 Å². The second kappa shape index (κ2) is 11.1. The fourth-order valence-corrected chi connectivity index (χ4v) is 4.52. The molecule has 0 amide bonds. The van der Waals surface area contributed by atoms with Gasteiger partial charge in [-0.25, -0.2) is 0 Å². The van der Waals surface area contributed by atoms with Crippen molar-refractivity contribution in [3.8, 4) is 0 Å². The summed E-state index contributed by atoms with van der Waals surface area (Å²) in [5.41, 5.74) is -0.325. The second-order valence-corrected chi connectivity index (χ2v) is 10.8. The Hall–Kier alpha value is -2.38. The smallest absolute Gasteiger partial charge is 0.193 e. The number of aliphatic hydroxyl groups is 3. The molecule has 2 aromatic carbocycles. The highest BCUT2D eigenvalue weighted by Crippen LogP contribution is 2.33. The first-order chi connectivity index (χ1) is 16.4. The number of carbonyl (C=O) groups excluding carboxylic acids is 2. The molecular weight excluding hydrogens is 444 g/mol. The predicted octanol–water partition coefficient (Wildman–Crippen LogP) is 4.50. The lowest BCUT2D eigenvalue weighted by atomic mass is 9.83. The zero-order chi connectivity index (χ0) is 25.8. The molecule has 0 unspecified atom stereocenters. The molecule has 1 aliphatic rings. The van der Waals surface area contributed by atoms with Gasteiger partial charge in [0.2, 0.25) is 0 Å². The highest BCUT2D eigenvalue weighted by molar-refractivity contribution is 6.02. The molecule has 6 nitrogen and oxygen atoms in total. The summed E-state index contributed by atoms with van der Waals surface area (Å²) < 4.78 is 6.43. The topological polar surface area (TPSA) is 104 Å². The molecule has 2 aromatic rings. The molecule has 0 radical (unpaired) electrons. The van der Waals surface area contributed by atoms with Crippen LogP contribution in [0.25, 0.3) is 0 Å². The molecule has 1 saturated carbocycles. The summed E-state index contributed by atoms with van der Waals surface area (Å²) >= 11 is 0. The van der Waals surface area contributed by atoms with Crippen LogP contribution in [-0.4, -0.2) is 51.3 Å². The van der Waals surface area contributed by atoms with E-state index in [1.165, 1.54) is 27.7 Å². The number of hydrogen-bond donors (Lipinski definition) is 3. The number of ether oxygens (including phenoxy) is 1. The van der Waals surface area contributed by atoms with Gasteiger partial charge in [-0.2, -0.15) is 0 Å². The highest BCUT2D eigenvalue weighted by Gasteiger charge is 2.28. The Balaban J connectivity index is 1.83. The molecule has 0 bridgehead atoms. The van der Waals surface area contributed by atoms with Crippen LogP contribution in [0, 0.1) is 11.8 Å². The molecule has 35 heavy (non-hydrogen) atoms. The third kappa shape index (κ3) is 7.07. The molecule has 3 N–H and O–H groups in total. The Morgan fingerprint density at radius 1 is 0.771 bits per heavy atom. The van der Waals surface area contributed by atoms with Gasteiger partial charge in [0.1, 0.15) is 17.3 Å². The first-order valence-electron chi connectivity index (χ1n) is 12.4. The van der Waals surface area contributed by atoms with Crippen LogP contribution < -0.4 is 0 Å². The van der Waals surface area contributed by atoms with E-state index in [0.29, 0.717) is 29.6 Å². The largest absolute Gasteiger partial charge is 0.396 e. The van der Waals surface area contributed by atoms with Crippen LogP contribution in [0.2, 0.25) is 0 Å². The zero-order valence-electron chi connectivity index (χ0n) is 21.2. The van der Waals surface area contributed by atoms with Crippen LogP contribution in [0.15, 0.2) is 48.5 Å². The van der Waals surface area contributed by atoms with Gasteiger partial charge in [-0.1, -0.05) is 48.5 Å². The number of rotatable bonds is 10. The number of aliphatic hydroxyl groups excluding tert-OH is 1. The van der Waals surface area contributed by atoms with Crippen LogP contribution in [0.5, 0.6) is 0 Å². The third-order valence-electron chi connectivity index (χ3n) is 6.79. The monoisotopic (exact) mass is 482 g/mol. The molecule has 0 aliphatic heterocycles. The van der Waals surface area contributed by atoms with Crippen LogP contribution in [-0.2, 0) is 4.74 Å². The fourth-order valence-electron chi connectivity index (χ4n) is 4.52. The predicted molar refractivity (Wildman–Crippen MR) is 134 cm³/mol. The van der Waals surface area contributed by atoms with Gasteiger partial charge in [0, 0.05) is 17.7 Å². The molecule has 0 heterocycles. The van der Waals surface area contributed by atoms with E-state index in [9.17, 15) is 24.9 Å². The summed E-state index contributed by atoms with van der Waals surface area (Å²) in [6, 6.07) is 14.1. The minimum atomic E-state index is -1.45. The summed E-state index contributed by atoms with van der Waals surface area (Å²) in [5, 5.41) is 29.5. The molecule has 0 aromatic heterocycles. The molecular formula is C29H38O6. The van der Waals surface area contributed by atoms with Gasteiger partial charge in [0.05, 0.1) is 6.61 Å². The van der Waals surface area contributed by atoms with Crippen molar-refractivity contribution >= 4 is 11.6 Å². The van der Waals surface area contributed by atoms with Gasteiger partial charge >= 0.3 is 0 Å². The average Bonchev–Trinajstić information content (AvgIpc) is 2.83. The number of carbonyl (C=O) groups is 2. The summed E-state index contributed by atoms with van der Waals surface area (Å²) in [6.07, 6.45) is 3.61. The van der Waals surface area contributed by atoms with E-state index in [2.05, 4.69) is 0 Å². The van der Waals surface area contributed by atoms with Gasteiger partial charge < -0.3 is 20.1 Å². The van der Waals surface area contributed by atoms with Crippen molar-refractivity contribution < 1.29 is 29.6 Å². The molecule has 0 spiro atoms. The number of ketones is 2. The molecule has 190 valence electrons. The normalized spacial score (nSPS) is 19.1. The Morgan fingerprint density at radius 2 is 1.14 bits per heavy atom. The van der Waals surface area contributed by atoms with E-state index in [1.807, 2.05) is 24.3 Å². The van der Waals surface area contributed by atoms with E-state index in [1.54, 1.807) is 24.3 Å². The average molecular weight is 483 g/mol. The standard InChI is InChI=1S/C29H38O6/c1-28(2,33)26(31)23-13-9-21(10-14-23)25(35-18-20-7-5-19(17-30)6-8-20)22-11-15-24(16-12-22)27(32)29(3,4)34/h9-16,19-20,25,30,33-34H,5-8,17-18H2,1-4H3. The molecule has 1 aliphatic carbocycles. The van der Waals surface area contributed by atoms with E-state index in [-0.39, 0.29) is 18.2 Å². The van der Waals surface area contributed by atoms with Gasteiger partial charge in [-0.15, -0.1) is 0 Å². The van der Waals surface area contributed by atoms with Crippen molar-refractivity contribution in [1.82, 2.24) is 0 Å². The maximum atomic E-state index is 12.4. The molecule has 6 heteroatoms. The molecule has 1 fully saturated rings. The van der Waals surface area contributed by atoms with E-state index in [4.69, 9.17) is 4.74 Å². The van der Waals surface area contributed by atoms with Crippen molar-refractivity contribution in [2.45, 2.75) is 70.7 Å². The minimum Gasteiger partial charge on any atom is -0.396 e. The first kappa shape index (κ1) is 27.2. The van der Waals surface area contributed by atoms with Crippen molar-refractivity contribution in [3.05, 3.63) is 70.8 Å². The Bertz CT molecular complexity index is 918. The summed E-state index contributed by atoms with van der Waals surface area (Å²) in [6.45, 7) is 6.68. The maximum Gasteiger partial charge on any atom is 0.193 e. The van der Waals surface area contributed by atoms with Gasteiger partial charge in [-0.05, 0) is 76.3 Å². The summed E-state index contributed by atoms with van der Waals surface area (Å²) in [4.78, 5) is 24.9. The van der Waals surface area contributed by atoms with Crippen LogP contribution >= 0.6 is 0 Å². The van der Waals surface area contributed by atoms with Crippen LogP contribution in [0.4, 0.5) is 0 Å². The Labute approximate surface area is 208 Å². The Kier molecular flexibility index (Phi) is 8.65. The number of Topliss-reactive ketones (excluding diaryl/α,β-unsaturated/α-hetero) is 2. The van der Waals surface area contributed by atoms with E-state index < -0.39 is 17.3 Å². The van der Waals surface area contributed by atoms with Crippen LogP contribution in [0.1, 0.15) is 91.3 Å². The zero-order valence-corrected chi connectivity index (χ0v) is 21.2. The maximum absolute atomic E-state index is 12.4. The lowest BCUT2D eigenvalue weighted by molar-refractivity contribution is 0.0329. The Morgan fingerprint density at radius 3 is 1.49 bits per heavy atom. The molecule has 0 saturated heterocycles. The van der Waals surface area contributed by atoms with Crippen LogP contribution in [0.3, 0.4) is 0 Å². The fraction of sp³-hybridized carbons (Fsp3) is 0.517. The SMILES string of the molecule is CC(C)(O)C(=O)c1ccc(C(OCC2CCC(CO)CC2)c2ccc(C(=O)C(C)(C)O)cc2)cc1. The van der Waals surface area contributed by atoms with Crippen molar-refractivity contribution in [3.63, 3.8) is 0 Å². The van der Waals surface area contributed by atoms with Gasteiger partial charge in [0.25, 0.3) is 0 Å². The van der Waals surface area contributed by atoms with Gasteiger partial charge in [-0.3, -0.25) is 9.59 Å². The first-order valence-corrected chi connectivity index (χ1v) is 12.4. The van der Waals surface area contributed by atoms with E-state index in [0.717, 1.165) is 36.8 Å². The van der Waals surface area contributed by atoms with Crippen molar-refractivity contribution in [1.29, 1.82) is 0 Å². The van der Waals surface area contributed by atoms with E-state index >= 15 is 0 Å². The van der Waals surface area contributed by atoms with Gasteiger partial charge in [0.15, 0.2) is 11.6 Å². The lowest BCUT2D eigenvalue weighted by Crippen LogP contribution is -2.31. The summed E-state index contributed by atoms with van der Waals surface area (Å²) in [7, 11) is 0. The summed E-state index contributed by atoms with van der Waals surface area (Å²) in [5.74, 6) is 0.0874. The quantitative estimate of drug-likeness (QED) is 0.431. The molecule has 3 rings (SSSR count). The van der Waals surface area contributed by atoms with Crippen molar-refractivity contribution in [2.24, 2.45) is 11.8 Å².